The Hall–Kier alpha value is -0.930. The van der Waals surface area contributed by atoms with Crippen molar-refractivity contribution < 1.29 is 5.11 Å². The van der Waals surface area contributed by atoms with E-state index in [-0.39, 0.29) is 6.10 Å². The molecule has 0 radical (unpaired) electrons. The van der Waals surface area contributed by atoms with Crippen LogP contribution in [0.3, 0.4) is 0 Å². The van der Waals surface area contributed by atoms with Gasteiger partial charge in [0.05, 0.1) is 17.3 Å². The van der Waals surface area contributed by atoms with Crippen LogP contribution in [-0.4, -0.2) is 16.2 Å². The van der Waals surface area contributed by atoms with Gasteiger partial charge < -0.3 is 5.11 Å². The lowest BCUT2D eigenvalue weighted by Crippen LogP contribution is -2.05. The van der Waals surface area contributed by atoms with Gasteiger partial charge in [-0.05, 0) is 53.7 Å². The number of aliphatic hydroxyl groups excluding tert-OH is 1. The lowest BCUT2D eigenvalue weighted by Gasteiger charge is -2.09. The van der Waals surface area contributed by atoms with Crippen LogP contribution in [0.4, 0.5) is 0 Å². The summed E-state index contributed by atoms with van der Waals surface area (Å²) in [7, 11) is 0. The van der Waals surface area contributed by atoms with E-state index < -0.39 is 0 Å². The molecule has 0 aliphatic heterocycles. The second-order valence-electron chi connectivity index (χ2n) is 4.56. The average molecular weight is 308 g/mol. The van der Waals surface area contributed by atoms with Gasteiger partial charge in [-0.1, -0.05) is 25.1 Å². The van der Waals surface area contributed by atoms with Gasteiger partial charge >= 0.3 is 0 Å². The Morgan fingerprint density at radius 3 is 2.89 bits per heavy atom. The highest BCUT2D eigenvalue weighted by molar-refractivity contribution is 9.10. The zero-order valence-corrected chi connectivity index (χ0v) is 12.2. The Morgan fingerprint density at radius 2 is 2.11 bits per heavy atom. The number of rotatable bonds is 5. The molecule has 1 aromatic heterocycles. The molecule has 0 fully saturated rings. The highest BCUT2D eigenvalue weighted by Crippen LogP contribution is 2.23. The van der Waals surface area contributed by atoms with Crippen LogP contribution in [0.25, 0.3) is 10.9 Å². The first-order valence-corrected chi connectivity index (χ1v) is 7.22. The van der Waals surface area contributed by atoms with Crippen molar-refractivity contribution >= 4 is 26.8 Å². The molecule has 0 bridgehead atoms. The molecule has 0 aliphatic rings. The molecule has 2 rings (SSSR count). The lowest BCUT2D eigenvalue weighted by atomic mass is 10.1. The summed E-state index contributed by atoms with van der Waals surface area (Å²) < 4.78 is 1.06. The summed E-state index contributed by atoms with van der Waals surface area (Å²) >= 11 is 3.58. The Labute approximate surface area is 116 Å². The van der Waals surface area contributed by atoms with Gasteiger partial charge in [-0.25, -0.2) is 0 Å². The van der Waals surface area contributed by atoms with Gasteiger partial charge in [0.15, 0.2) is 0 Å². The van der Waals surface area contributed by atoms with Crippen LogP contribution >= 0.6 is 15.9 Å². The molecule has 0 aliphatic carbocycles. The maximum atomic E-state index is 9.54. The van der Waals surface area contributed by atoms with Gasteiger partial charge in [0.2, 0.25) is 0 Å². The number of fused-ring (bicyclic) bond motifs is 1. The molecule has 3 heteroatoms. The third-order valence-electron chi connectivity index (χ3n) is 3.17. The molecule has 0 saturated carbocycles. The number of nitrogens with zero attached hydrogens (tertiary/aromatic N) is 1. The Bertz CT molecular complexity index is 527. The predicted octanol–water partition coefficient (Wildman–Crippen LogP) is 4.09. The number of aliphatic hydroxyl groups is 1. The van der Waals surface area contributed by atoms with Crippen LogP contribution in [0.15, 0.2) is 34.8 Å². The van der Waals surface area contributed by atoms with Gasteiger partial charge in [0, 0.05) is 9.86 Å². The van der Waals surface area contributed by atoms with Crippen LogP contribution in [-0.2, 0) is 6.42 Å². The number of aryl methyl sites for hydroxylation is 1. The van der Waals surface area contributed by atoms with E-state index in [9.17, 15) is 5.11 Å². The summed E-state index contributed by atoms with van der Waals surface area (Å²) in [6.45, 7) is 2.01. The second kappa shape index (κ2) is 6.30. The van der Waals surface area contributed by atoms with Crippen molar-refractivity contribution in [1.82, 2.24) is 4.98 Å². The fourth-order valence-corrected chi connectivity index (χ4v) is 2.55. The molecule has 1 heterocycles. The summed E-state index contributed by atoms with van der Waals surface area (Å²) in [4.78, 5) is 4.67. The zero-order chi connectivity index (χ0) is 13.0. The maximum absolute atomic E-state index is 9.54. The van der Waals surface area contributed by atoms with E-state index in [2.05, 4.69) is 33.0 Å². The van der Waals surface area contributed by atoms with Crippen LogP contribution in [0.2, 0.25) is 0 Å². The van der Waals surface area contributed by atoms with Gasteiger partial charge in [-0.2, -0.15) is 0 Å². The van der Waals surface area contributed by atoms with Crippen LogP contribution in [0.5, 0.6) is 0 Å². The van der Waals surface area contributed by atoms with Crippen molar-refractivity contribution in [2.75, 3.05) is 0 Å². The van der Waals surface area contributed by atoms with E-state index in [0.717, 1.165) is 46.8 Å². The number of benzene rings is 1. The van der Waals surface area contributed by atoms with Gasteiger partial charge in [0.1, 0.15) is 0 Å². The predicted molar refractivity (Wildman–Crippen MR) is 78.7 cm³/mol. The Morgan fingerprint density at radius 1 is 1.33 bits per heavy atom. The minimum absolute atomic E-state index is 0.177. The first-order valence-electron chi connectivity index (χ1n) is 6.43. The van der Waals surface area contributed by atoms with Crippen molar-refractivity contribution in [1.29, 1.82) is 0 Å². The minimum atomic E-state index is -0.177. The zero-order valence-electron chi connectivity index (χ0n) is 10.6. The van der Waals surface area contributed by atoms with Crippen molar-refractivity contribution in [3.63, 3.8) is 0 Å². The number of aromatic nitrogens is 1. The maximum Gasteiger partial charge on any atom is 0.0706 e. The highest BCUT2D eigenvalue weighted by Gasteiger charge is 2.06. The van der Waals surface area contributed by atoms with Gasteiger partial charge in [0.25, 0.3) is 0 Å². The lowest BCUT2D eigenvalue weighted by molar-refractivity contribution is 0.157. The summed E-state index contributed by atoms with van der Waals surface area (Å²) in [6, 6.07) is 10.2. The summed E-state index contributed by atoms with van der Waals surface area (Å²) in [5.74, 6) is 0. The minimum Gasteiger partial charge on any atom is -0.393 e. The second-order valence-corrected chi connectivity index (χ2v) is 5.42. The molecule has 2 aromatic rings. The monoisotopic (exact) mass is 307 g/mol. The number of para-hydroxylation sites is 1. The first kappa shape index (κ1) is 13.5. The summed E-state index contributed by atoms with van der Waals surface area (Å²) in [6.07, 6.45) is 3.37. The number of halogens is 1. The Balaban J connectivity index is 2.10. The normalized spacial score (nSPS) is 12.8. The van der Waals surface area contributed by atoms with E-state index in [1.807, 2.05) is 25.1 Å². The van der Waals surface area contributed by atoms with Crippen molar-refractivity contribution in [2.24, 2.45) is 0 Å². The first-order chi connectivity index (χ1) is 8.70. The third kappa shape index (κ3) is 3.30. The average Bonchev–Trinajstić information content (AvgIpc) is 2.39. The smallest absolute Gasteiger partial charge is 0.0706 e. The molecule has 0 saturated heterocycles. The quantitative estimate of drug-likeness (QED) is 0.902. The van der Waals surface area contributed by atoms with Crippen molar-refractivity contribution in [3.05, 3.63) is 40.5 Å². The third-order valence-corrected chi connectivity index (χ3v) is 3.86. The number of hydrogen-bond acceptors (Lipinski definition) is 2. The topological polar surface area (TPSA) is 33.1 Å². The SMILES string of the molecule is CC[C@@H](O)CCCc1nc2ccccc2cc1Br. The number of pyridine rings is 1. The summed E-state index contributed by atoms with van der Waals surface area (Å²) in [5.41, 5.74) is 2.11. The summed E-state index contributed by atoms with van der Waals surface area (Å²) in [5, 5.41) is 10.7. The molecule has 0 amide bonds. The van der Waals surface area contributed by atoms with Gasteiger partial charge in [-0.15, -0.1) is 0 Å². The molecular weight excluding hydrogens is 290 g/mol. The van der Waals surface area contributed by atoms with E-state index in [4.69, 9.17) is 0 Å². The fourth-order valence-electron chi connectivity index (χ4n) is 2.01. The van der Waals surface area contributed by atoms with Crippen LogP contribution < -0.4 is 0 Å². The molecule has 1 atom stereocenters. The molecule has 96 valence electrons. The molecular formula is C15H18BrNO. The number of hydrogen-bond donors (Lipinski definition) is 1. The van der Waals surface area contributed by atoms with E-state index in [1.54, 1.807) is 0 Å². The molecule has 0 spiro atoms. The molecule has 1 N–H and O–H groups in total. The van der Waals surface area contributed by atoms with E-state index in [0.29, 0.717) is 0 Å². The van der Waals surface area contributed by atoms with Crippen LogP contribution in [0.1, 0.15) is 31.9 Å². The Kier molecular flexibility index (Phi) is 4.72. The van der Waals surface area contributed by atoms with E-state index >= 15 is 0 Å². The molecule has 0 unspecified atom stereocenters. The molecule has 2 nitrogen and oxygen atoms in total. The van der Waals surface area contributed by atoms with Crippen molar-refractivity contribution in [2.45, 2.75) is 38.7 Å². The van der Waals surface area contributed by atoms with Crippen LogP contribution in [0, 0.1) is 0 Å². The largest absolute Gasteiger partial charge is 0.393 e. The van der Waals surface area contributed by atoms with Gasteiger partial charge in [-0.3, -0.25) is 4.98 Å². The standard InChI is InChI=1S/C15H18BrNO/c1-2-12(18)7-5-9-15-13(16)10-11-6-3-4-8-14(11)17-15/h3-4,6,8,10,12,18H,2,5,7,9H2,1H3/t12-/m1/s1. The fraction of sp³-hybridized carbons (Fsp3) is 0.400. The van der Waals surface area contributed by atoms with Crippen molar-refractivity contribution in [3.8, 4) is 0 Å². The highest BCUT2D eigenvalue weighted by atomic mass is 79.9. The van der Waals surface area contributed by atoms with E-state index in [1.165, 1.54) is 0 Å². The molecule has 18 heavy (non-hydrogen) atoms. The molecule has 1 aromatic carbocycles.